The van der Waals surface area contributed by atoms with Crippen LogP contribution in [0.25, 0.3) is 11.1 Å². The van der Waals surface area contributed by atoms with Crippen molar-refractivity contribution in [3.05, 3.63) is 53.6 Å². The fourth-order valence-corrected chi connectivity index (χ4v) is 2.68. The quantitative estimate of drug-likeness (QED) is 0.920. The Hall–Kier alpha value is -2.33. The summed E-state index contributed by atoms with van der Waals surface area (Å²) < 4.78 is 10.9. The number of aliphatic carboxylic acids is 1. The van der Waals surface area contributed by atoms with Crippen molar-refractivity contribution in [2.75, 3.05) is 13.2 Å². The van der Waals surface area contributed by atoms with Crippen LogP contribution in [0.2, 0.25) is 0 Å². The zero-order chi connectivity index (χ0) is 15.4. The van der Waals surface area contributed by atoms with E-state index >= 15 is 0 Å². The fourth-order valence-electron chi connectivity index (χ4n) is 2.68. The summed E-state index contributed by atoms with van der Waals surface area (Å²) >= 11 is 0. The van der Waals surface area contributed by atoms with Gasteiger partial charge in [0.25, 0.3) is 0 Å². The minimum Gasteiger partial charge on any atom is -0.493 e. The van der Waals surface area contributed by atoms with Crippen molar-refractivity contribution in [2.24, 2.45) is 0 Å². The van der Waals surface area contributed by atoms with E-state index in [0.717, 1.165) is 18.6 Å². The van der Waals surface area contributed by atoms with Crippen molar-refractivity contribution >= 4 is 5.97 Å². The van der Waals surface area contributed by atoms with Crippen LogP contribution in [-0.2, 0) is 22.6 Å². The van der Waals surface area contributed by atoms with Crippen molar-refractivity contribution < 1.29 is 19.4 Å². The van der Waals surface area contributed by atoms with Gasteiger partial charge in [0.15, 0.2) is 0 Å². The highest BCUT2D eigenvalue weighted by Gasteiger charge is 2.14. The molecule has 0 unspecified atom stereocenters. The Kier molecular flexibility index (Phi) is 4.39. The normalized spacial score (nSPS) is 13.5. The molecule has 4 heteroatoms. The van der Waals surface area contributed by atoms with Crippen molar-refractivity contribution in [1.29, 1.82) is 0 Å². The molecular formula is C18H18O4. The first-order valence-corrected chi connectivity index (χ1v) is 7.37. The first-order chi connectivity index (χ1) is 10.7. The summed E-state index contributed by atoms with van der Waals surface area (Å²) in [6.45, 7) is 1.63. The Labute approximate surface area is 129 Å². The van der Waals surface area contributed by atoms with E-state index in [2.05, 4.69) is 18.2 Å². The molecule has 0 radical (unpaired) electrons. The summed E-state index contributed by atoms with van der Waals surface area (Å²) in [6, 6.07) is 14.1. The lowest BCUT2D eigenvalue weighted by atomic mass is 9.93. The highest BCUT2D eigenvalue weighted by molar-refractivity contribution is 5.69. The number of benzene rings is 2. The van der Waals surface area contributed by atoms with Crippen molar-refractivity contribution in [2.45, 2.75) is 19.4 Å². The topological polar surface area (TPSA) is 55.8 Å². The first-order valence-electron chi connectivity index (χ1n) is 7.37. The summed E-state index contributed by atoms with van der Waals surface area (Å²) in [5, 5.41) is 8.61. The molecule has 1 aliphatic rings. The van der Waals surface area contributed by atoms with Gasteiger partial charge < -0.3 is 14.6 Å². The number of fused-ring (bicyclic) bond motifs is 1. The highest BCUT2D eigenvalue weighted by Crippen LogP contribution is 2.30. The van der Waals surface area contributed by atoms with Crippen LogP contribution < -0.4 is 4.74 Å². The van der Waals surface area contributed by atoms with E-state index in [1.54, 1.807) is 0 Å². The van der Waals surface area contributed by atoms with Gasteiger partial charge >= 0.3 is 5.97 Å². The minimum absolute atomic E-state index is 0.00788. The molecule has 4 nitrogen and oxygen atoms in total. The van der Waals surface area contributed by atoms with E-state index in [1.165, 1.54) is 16.7 Å². The zero-order valence-corrected chi connectivity index (χ0v) is 12.2. The summed E-state index contributed by atoms with van der Waals surface area (Å²) in [6.07, 6.45) is 0.941. The van der Waals surface area contributed by atoms with Gasteiger partial charge in [-0.15, -0.1) is 0 Å². The van der Waals surface area contributed by atoms with Crippen LogP contribution >= 0.6 is 0 Å². The Morgan fingerprint density at radius 3 is 2.77 bits per heavy atom. The molecule has 1 aliphatic heterocycles. The van der Waals surface area contributed by atoms with Crippen molar-refractivity contribution in [1.82, 2.24) is 0 Å². The largest absolute Gasteiger partial charge is 0.493 e. The number of carboxylic acids is 1. The maximum absolute atomic E-state index is 10.5. The van der Waals surface area contributed by atoms with Crippen LogP contribution in [0.5, 0.6) is 5.75 Å². The van der Waals surface area contributed by atoms with Crippen molar-refractivity contribution in [3.8, 4) is 16.9 Å². The summed E-state index contributed by atoms with van der Waals surface area (Å²) in [5.41, 5.74) is 4.99. The fraction of sp³-hybridized carbons (Fsp3) is 0.278. The lowest BCUT2D eigenvalue weighted by Crippen LogP contribution is -2.10. The van der Waals surface area contributed by atoms with E-state index in [0.29, 0.717) is 12.4 Å². The summed E-state index contributed by atoms with van der Waals surface area (Å²) in [7, 11) is 0. The second kappa shape index (κ2) is 6.62. The Balaban J connectivity index is 1.77. The molecule has 0 amide bonds. The molecule has 0 atom stereocenters. The van der Waals surface area contributed by atoms with E-state index < -0.39 is 5.97 Å². The second-order valence-corrected chi connectivity index (χ2v) is 5.26. The van der Waals surface area contributed by atoms with Gasteiger partial charge in [-0.3, -0.25) is 4.79 Å². The lowest BCUT2D eigenvalue weighted by molar-refractivity contribution is -0.137. The van der Waals surface area contributed by atoms with E-state index in [-0.39, 0.29) is 13.0 Å². The molecule has 0 aromatic heterocycles. The second-order valence-electron chi connectivity index (χ2n) is 5.26. The molecule has 22 heavy (non-hydrogen) atoms. The molecule has 0 spiro atoms. The molecule has 0 fully saturated rings. The molecule has 1 N–H and O–H groups in total. The van der Waals surface area contributed by atoms with Gasteiger partial charge in [0.1, 0.15) is 5.75 Å². The van der Waals surface area contributed by atoms with Crippen LogP contribution in [0, 0.1) is 0 Å². The first kappa shape index (κ1) is 14.6. The Morgan fingerprint density at radius 1 is 1.18 bits per heavy atom. The third-order valence-electron chi connectivity index (χ3n) is 3.78. The number of ether oxygens (including phenoxy) is 2. The SMILES string of the molecule is O=C(O)CCOc1ccc(-c2cccc3c2CCOC3)cc1. The molecule has 2 aromatic rings. The van der Waals surface area contributed by atoms with Crippen molar-refractivity contribution in [3.63, 3.8) is 0 Å². The van der Waals surface area contributed by atoms with E-state index in [1.807, 2.05) is 24.3 Å². The van der Waals surface area contributed by atoms with Gasteiger partial charge in [0.2, 0.25) is 0 Å². The zero-order valence-electron chi connectivity index (χ0n) is 12.2. The van der Waals surface area contributed by atoms with Gasteiger partial charge in [-0.25, -0.2) is 0 Å². The smallest absolute Gasteiger partial charge is 0.306 e. The molecule has 0 aliphatic carbocycles. The molecule has 0 bridgehead atoms. The molecule has 3 rings (SSSR count). The van der Waals surface area contributed by atoms with E-state index in [9.17, 15) is 4.79 Å². The molecule has 0 saturated carbocycles. The van der Waals surface area contributed by atoms with Gasteiger partial charge in [-0.05, 0) is 40.8 Å². The van der Waals surface area contributed by atoms with Crippen LogP contribution in [0.4, 0.5) is 0 Å². The third kappa shape index (κ3) is 3.28. The number of carbonyl (C=O) groups is 1. The summed E-state index contributed by atoms with van der Waals surface area (Å²) in [4.78, 5) is 10.5. The third-order valence-corrected chi connectivity index (χ3v) is 3.78. The number of hydrogen-bond donors (Lipinski definition) is 1. The average Bonchev–Trinajstić information content (AvgIpc) is 2.55. The number of hydrogen-bond acceptors (Lipinski definition) is 3. The maximum atomic E-state index is 10.5. The monoisotopic (exact) mass is 298 g/mol. The van der Waals surface area contributed by atoms with Gasteiger partial charge in [0, 0.05) is 0 Å². The predicted octanol–water partition coefficient (Wildman–Crippen LogP) is 3.28. The summed E-state index contributed by atoms with van der Waals surface area (Å²) in [5.74, 6) is -0.159. The maximum Gasteiger partial charge on any atom is 0.306 e. The number of carboxylic acid groups (broad SMARTS) is 1. The Bertz CT molecular complexity index is 661. The lowest BCUT2D eigenvalue weighted by Gasteiger charge is -2.20. The molecule has 0 saturated heterocycles. The van der Waals surface area contributed by atoms with Gasteiger partial charge in [-0.2, -0.15) is 0 Å². The minimum atomic E-state index is -0.852. The number of rotatable bonds is 5. The van der Waals surface area contributed by atoms with E-state index in [4.69, 9.17) is 14.6 Å². The molecule has 2 aromatic carbocycles. The van der Waals surface area contributed by atoms with Gasteiger partial charge in [0.05, 0.1) is 26.2 Å². The van der Waals surface area contributed by atoms with Crippen LogP contribution in [0.1, 0.15) is 17.5 Å². The van der Waals surface area contributed by atoms with Gasteiger partial charge in [-0.1, -0.05) is 30.3 Å². The van der Waals surface area contributed by atoms with Crippen LogP contribution in [0.3, 0.4) is 0 Å². The molecule has 1 heterocycles. The average molecular weight is 298 g/mol. The highest BCUT2D eigenvalue weighted by atomic mass is 16.5. The predicted molar refractivity (Wildman–Crippen MR) is 83.0 cm³/mol. The van der Waals surface area contributed by atoms with Crippen LogP contribution in [0.15, 0.2) is 42.5 Å². The molecule has 114 valence electrons. The standard InChI is InChI=1S/C18H18O4/c19-18(20)9-11-22-15-6-4-13(5-7-15)16-3-1-2-14-12-21-10-8-17(14)16/h1-7H,8-12H2,(H,19,20). The Morgan fingerprint density at radius 2 is 2.00 bits per heavy atom. The van der Waals surface area contributed by atoms with Crippen LogP contribution in [-0.4, -0.2) is 24.3 Å². The molecular weight excluding hydrogens is 280 g/mol.